The molecule has 1 atom stereocenters. The van der Waals surface area contributed by atoms with Gasteiger partial charge in [-0.1, -0.05) is 32.0 Å². The lowest BCUT2D eigenvalue weighted by atomic mass is 9.98. The molecule has 0 aromatic heterocycles. The summed E-state index contributed by atoms with van der Waals surface area (Å²) in [6.45, 7) is 5.52. The second kappa shape index (κ2) is 4.45. The van der Waals surface area contributed by atoms with Crippen LogP contribution in [-0.4, -0.2) is 19.8 Å². The first-order chi connectivity index (χ1) is 7.25. The van der Waals surface area contributed by atoms with Gasteiger partial charge in [-0.2, -0.15) is 0 Å². The standard InChI is InChI=1S/C12H18O3S/c1-8(2)10-6-5-7-11(12(10)13)9(3)16(4,14)15/h5-9,13H,1-4H3. The third kappa shape index (κ3) is 2.55. The Labute approximate surface area is 97.0 Å². The second-order valence-electron chi connectivity index (χ2n) is 4.41. The molecule has 90 valence electrons. The average Bonchev–Trinajstić information content (AvgIpc) is 2.15. The minimum Gasteiger partial charge on any atom is -0.507 e. The molecular formula is C12H18O3S. The number of phenolic OH excluding ortho intramolecular Hbond substituents is 1. The van der Waals surface area contributed by atoms with E-state index in [2.05, 4.69) is 0 Å². The monoisotopic (exact) mass is 242 g/mol. The summed E-state index contributed by atoms with van der Waals surface area (Å²) in [7, 11) is -3.18. The number of sulfone groups is 1. The highest BCUT2D eigenvalue weighted by atomic mass is 32.2. The highest BCUT2D eigenvalue weighted by Gasteiger charge is 2.22. The van der Waals surface area contributed by atoms with Crippen molar-refractivity contribution in [1.82, 2.24) is 0 Å². The smallest absolute Gasteiger partial charge is 0.154 e. The molecule has 0 aliphatic heterocycles. The van der Waals surface area contributed by atoms with Crippen molar-refractivity contribution in [2.75, 3.05) is 6.26 Å². The topological polar surface area (TPSA) is 54.4 Å². The largest absolute Gasteiger partial charge is 0.507 e. The van der Waals surface area contributed by atoms with Crippen LogP contribution in [0.15, 0.2) is 18.2 Å². The maximum absolute atomic E-state index is 11.5. The van der Waals surface area contributed by atoms with Gasteiger partial charge in [-0.15, -0.1) is 0 Å². The van der Waals surface area contributed by atoms with Crippen molar-refractivity contribution >= 4 is 9.84 Å². The molecular weight excluding hydrogens is 224 g/mol. The first-order valence-electron chi connectivity index (χ1n) is 5.25. The van der Waals surface area contributed by atoms with Crippen LogP contribution in [0.25, 0.3) is 0 Å². The van der Waals surface area contributed by atoms with Gasteiger partial charge in [0, 0.05) is 11.8 Å². The van der Waals surface area contributed by atoms with Crippen molar-refractivity contribution in [1.29, 1.82) is 0 Å². The van der Waals surface area contributed by atoms with Crippen molar-refractivity contribution in [3.63, 3.8) is 0 Å². The SMILES string of the molecule is CC(C)c1cccc(C(C)S(C)(=O)=O)c1O. The van der Waals surface area contributed by atoms with Gasteiger partial charge >= 0.3 is 0 Å². The maximum atomic E-state index is 11.5. The summed E-state index contributed by atoms with van der Waals surface area (Å²) in [6, 6.07) is 5.26. The Bertz CT molecular complexity index is 475. The van der Waals surface area contributed by atoms with E-state index in [0.29, 0.717) is 5.56 Å². The van der Waals surface area contributed by atoms with Crippen molar-refractivity contribution in [2.24, 2.45) is 0 Å². The van der Waals surface area contributed by atoms with Crippen molar-refractivity contribution in [2.45, 2.75) is 31.9 Å². The summed E-state index contributed by atoms with van der Waals surface area (Å²) < 4.78 is 22.9. The summed E-state index contributed by atoms with van der Waals surface area (Å²) in [4.78, 5) is 0. The van der Waals surface area contributed by atoms with Crippen LogP contribution in [0.1, 0.15) is 43.1 Å². The fourth-order valence-corrected chi connectivity index (χ4v) is 2.26. The maximum Gasteiger partial charge on any atom is 0.154 e. The van der Waals surface area contributed by atoms with Crippen LogP contribution in [0, 0.1) is 0 Å². The van der Waals surface area contributed by atoms with E-state index < -0.39 is 15.1 Å². The zero-order valence-corrected chi connectivity index (χ0v) is 10.9. The molecule has 0 radical (unpaired) electrons. The molecule has 1 unspecified atom stereocenters. The van der Waals surface area contributed by atoms with E-state index in [4.69, 9.17) is 0 Å². The second-order valence-corrected chi connectivity index (χ2v) is 6.78. The van der Waals surface area contributed by atoms with Crippen LogP contribution in [0.2, 0.25) is 0 Å². The number of rotatable bonds is 3. The minimum atomic E-state index is -3.18. The summed E-state index contributed by atoms with van der Waals surface area (Å²) >= 11 is 0. The Morgan fingerprint density at radius 1 is 1.12 bits per heavy atom. The predicted molar refractivity (Wildman–Crippen MR) is 65.5 cm³/mol. The van der Waals surface area contributed by atoms with Gasteiger partial charge < -0.3 is 5.11 Å². The molecule has 1 N–H and O–H groups in total. The summed E-state index contributed by atoms with van der Waals surface area (Å²) in [5, 5.41) is 9.35. The molecule has 1 rings (SSSR count). The van der Waals surface area contributed by atoms with Crippen LogP contribution < -0.4 is 0 Å². The molecule has 16 heavy (non-hydrogen) atoms. The van der Waals surface area contributed by atoms with Crippen LogP contribution in [0.5, 0.6) is 5.75 Å². The molecule has 0 fully saturated rings. The average molecular weight is 242 g/mol. The van der Waals surface area contributed by atoms with Crippen molar-refractivity contribution < 1.29 is 13.5 Å². The normalized spacial score (nSPS) is 14.1. The molecule has 0 aliphatic rings. The molecule has 4 heteroatoms. The lowest BCUT2D eigenvalue weighted by molar-refractivity contribution is 0.456. The van der Waals surface area contributed by atoms with E-state index in [1.165, 1.54) is 6.26 Å². The van der Waals surface area contributed by atoms with Gasteiger partial charge in [-0.3, -0.25) is 0 Å². The highest BCUT2D eigenvalue weighted by Crippen LogP contribution is 2.35. The first kappa shape index (κ1) is 13.0. The third-order valence-corrected chi connectivity index (χ3v) is 4.34. The molecule has 1 aromatic carbocycles. The molecule has 0 spiro atoms. The molecule has 1 aromatic rings. The van der Waals surface area contributed by atoms with E-state index in [-0.39, 0.29) is 11.7 Å². The molecule has 0 bridgehead atoms. The van der Waals surface area contributed by atoms with Gasteiger partial charge in [-0.05, 0) is 18.4 Å². The Balaban J connectivity index is 3.32. The first-order valence-corrected chi connectivity index (χ1v) is 7.21. The van der Waals surface area contributed by atoms with Crippen LogP contribution in [0.3, 0.4) is 0 Å². The van der Waals surface area contributed by atoms with Gasteiger partial charge in [-0.25, -0.2) is 8.42 Å². The molecule has 3 nitrogen and oxygen atoms in total. The van der Waals surface area contributed by atoms with E-state index in [1.807, 2.05) is 19.9 Å². The van der Waals surface area contributed by atoms with Gasteiger partial charge in [0.2, 0.25) is 0 Å². The fraction of sp³-hybridized carbons (Fsp3) is 0.500. The number of hydrogen-bond acceptors (Lipinski definition) is 3. The molecule has 0 saturated heterocycles. The lowest BCUT2D eigenvalue weighted by Crippen LogP contribution is -2.08. The summed E-state index contributed by atoms with van der Waals surface area (Å²) in [5.41, 5.74) is 1.27. The van der Waals surface area contributed by atoms with E-state index in [0.717, 1.165) is 5.56 Å². The Hall–Kier alpha value is -1.03. The zero-order chi connectivity index (χ0) is 12.5. The van der Waals surface area contributed by atoms with Crippen LogP contribution >= 0.6 is 0 Å². The van der Waals surface area contributed by atoms with Crippen LogP contribution in [0.4, 0.5) is 0 Å². The fourth-order valence-electron chi connectivity index (χ4n) is 1.60. The quantitative estimate of drug-likeness (QED) is 0.886. The number of para-hydroxylation sites is 1. The van der Waals surface area contributed by atoms with Crippen molar-refractivity contribution in [3.05, 3.63) is 29.3 Å². The van der Waals surface area contributed by atoms with Crippen LogP contribution in [-0.2, 0) is 9.84 Å². The van der Waals surface area contributed by atoms with Gasteiger partial charge in [0.15, 0.2) is 9.84 Å². The van der Waals surface area contributed by atoms with Gasteiger partial charge in [0.05, 0.1) is 5.25 Å². The Morgan fingerprint density at radius 2 is 1.62 bits per heavy atom. The van der Waals surface area contributed by atoms with Gasteiger partial charge in [0.25, 0.3) is 0 Å². The van der Waals surface area contributed by atoms with Crippen molar-refractivity contribution in [3.8, 4) is 5.75 Å². The molecule has 0 heterocycles. The Morgan fingerprint density at radius 3 is 2.06 bits per heavy atom. The Kier molecular flexibility index (Phi) is 3.63. The number of hydrogen-bond donors (Lipinski definition) is 1. The minimum absolute atomic E-state index is 0.107. The van der Waals surface area contributed by atoms with E-state index >= 15 is 0 Å². The molecule has 0 saturated carbocycles. The summed E-state index contributed by atoms with van der Waals surface area (Å²) in [5.74, 6) is 0.280. The number of benzene rings is 1. The lowest BCUT2D eigenvalue weighted by Gasteiger charge is -2.16. The van der Waals surface area contributed by atoms with E-state index in [1.54, 1.807) is 19.1 Å². The summed E-state index contributed by atoms with van der Waals surface area (Å²) in [6.07, 6.45) is 1.18. The van der Waals surface area contributed by atoms with Gasteiger partial charge in [0.1, 0.15) is 5.75 Å². The number of aromatic hydroxyl groups is 1. The predicted octanol–water partition coefficient (Wildman–Crippen LogP) is 2.62. The van der Waals surface area contributed by atoms with E-state index in [9.17, 15) is 13.5 Å². The highest BCUT2D eigenvalue weighted by molar-refractivity contribution is 7.90. The molecule has 0 amide bonds. The number of phenols is 1. The zero-order valence-electron chi connectivity index (χ0n) is 10.1. The third-order valence-electron chi connectivity index (χ3n) is 2.80. The molecule has 0 aliphatic carbocycles.